The molecular formula is C13H13N5O3. The Labute approximate surface area is 120 Å². The number of nitrogens with one attached hydrogen (secondary N) is 2. The van der Waals surface area contributed by atoms with Crippen molar-refractivity contribution in [2.75, 3.05) is 12.4 Å². The third-order valence-electron chi connectivity index (χ3n) is 2.74. The summed E-state index contributed by atoms with van der Waals surface area (Å²) in [5.74, 6) is -0.163. The zero-order valence-corrected chi connectivity index (χ0v) is 11.2. The van der Waals surface area contributed by atoms with Crippen LogP contribution < -0.4 is 10.6 Å². The van der Waals surface area contributed by atoms with Gasteiger partial charge in [-0.25, -0.2) is 4.98 Å². The monoisotopic (exact) mass is 287 g/mol. The van der Waals surface area contributed by atoms with Gasteiger partial charge in [0.05, 0.1) is 10.5 Å². The van der Waals surface area contributed by atoms with Crippen LogP contribution in [0.25, 0.3) is 0 Å². The molecule has 0 aromatic carbocycles. The Balaban J connectivity index is 2.17. The van der Waals surface area contributed by atoms with E-state index < -0.39 is 10.8 Å². The maximum Gasteiger partial charge on any atom is 0.288 e. The molecule has 8 nitrogen and oxygen atoms in total. The lowest BCUT2D eigenvalue weighted by Crippen LogP contribution is -2.24. The molecule has 0 bridgehead atoms. The summed E-state index contributed by atoms with van der Waals surface area (Å²) in [5, 5.41) is 16.2. The topological polar surface area (TPSA) is 110 Å². The van der Waals surface area contributed by atoms with E-state index in [9.17, 15) is 14.9 Å². The predicted molar refractivity (Wildman–Crippen MR) is 75.8 cm³/mol. The van der Waals surface area contributed by atoms with Gasteiger partial charge in [-0.15, -0.1) is 0 Å². The molecule has 0 spiro atoms. The van der Waals surface area contributed by atoms with Gasteiger partial charge in [0.2, 0.25) is 0 Å². The zero-order chi connectivity index (χ0) is 15.2. The van der Waals surface area contributed by atoms with E-state index in [1.165, 1.54) is 6.07 Å². The van der Waals surface area contributed by atoms with Gasteiger partial charge in [-0.2, -0.15) is 0 Å². The highest BCUT2D eigenvalue weighted by Gasteiger charge is 2.17. The van der Waals surface area contributed by atoms with Crippen LogP contribution in [0.3, 0.4) is 0 Å². The Bertz CT molecular complexity index is 660. The average Bonchev–Trinajstić information content (AvgIpc) is 2.52. The third-order valence-corrected chi connectivity index (χ3v) is 2.74. The van der Waals surface area contributed by atoms with Crippen molar-refractivity contribution in [1.29, 1.82) is 0 Å². The molecule has 0 aliphatic carbocycles. The third kappa shape index (κ3) is 3.50. The summed E-state index contributed by atoms with van der Waals surface area (Å²) in [4.78, 5) is 30.1. The smallest absolute Gasteiger partial charge is 0.288 e. The number of aromatic nitrogens is 2. The molecule has 1 amide bonds. The molecule has 0 saturated carbocycles. The lowest BCUT2D eigenvalue weighted by atomic mass is 10.2. The van der Waals surface area contributed by atoms with Crippen LogP contribution in [-0.4, -0.2) is 27.8 Å². The van der Waals surface area contributed by atoms with Gasteiger partial charge in [0.1, 0.15) is 12.0 Å². The fourth-order valence-electron chi connectivity index (χ4n) is 1.71. The van der Waals surface area contributed by atoms with Crippen molar-refractivity contribution in [2.45, 2.75) is 6.54 Å². The molecule has 8 heteroatoms. The molecule has 2 heterocycles. The quantitative estimate of drug-likeness (QED) is 0.634. The number of nitrogens with zero attached hydrogens (tertiary/aromatic N) is 3. The standard InChI is InChI=1S/C13H13N5O3/c1-14-12-11(5-10(8-16-12)18(20)21)13(19)17-7-9-3-2-4-15-6-9/h2-6,8H,7H2,1H3,(H,14,16)(H,17,19). The largest absolute Gasteiger partial charge is 0.372 e. The van der Waals surface area contributed by atoms with Crippen LogP contribution in [-0.2, 0) is 6.54 Å². The van der Waals surface area contributed by atoms with Gasteiger partial charge >= 0.3 is 0 Å². The number of amides is 1. The number of hydrogen-bond acceptors (Lipinski definition) is 6. The van der Waals surface area contributed by atoms with Crippen LogP contribution in [0.1, 0.15) is 15.9 Å². The van der Waals surface area contributed by atoms with Gasteiger partial charge in [-0.1, -0.05) is 6.07 Å². The van der Waals surface area contributed by atoms with Gasteiger partial charge in [-0.3, -0.25) is 19.9 Å². The van der Waals surface area contributed by atoms with Gasteiger partial charge < -0.3 is 10.6 Å². The van der Waals surface area contributed by atoms with Crippen molar-refractivity contribution in [3.63, 3.8) is 0 Å². The van der Waals surface area contributed by atoms with E-state index in [4.69, 9.17) is 0 Å². The van der Waals surface area contributed by atoms with E-state index in [-0.39, 0.29) is 23.6 Å². The Morgan fingerprint density at radius 1 is 1.43 bits per heavy atom. The zero-order valence-electron chi connectivity index (χ0n) is 11.2. The summed E-state index contributed by atoms with van der Waals surface area (Å²) in [5.41, 5.74) is 0.714. The van der Waals surface area contributed by atoms with Crippen molar-refractivity contribution < 1.29 is 9.72 Å². The number of pyridine rings is 2. The molecule has 0 aliphatic heterocycles. The van der Waals surface area contributed by atoms with Gasteiger partial charge in [0.15, 0.2) is 0 Å². The molecular weight excluding hydrogens is 274 g/mol. The van der Waals surface area contributed by atoms with Crippen LogP contribution >= 0.6 is 0 Å². The van der Waals surface area contributed by atoms with E-state index in [0.717, 1.165) is 11.8 Å². The molecule has 0 aliphatic rings. The first kappa shape index (κ1) is 14.4. The Kier molecular flexibility index (Phi) is 4.39. The van der Waals surface area contributed by atoms with Crippen molar-refractivity contribution in [3.05, 3.63) is 58.0 Å². The first-order valence-corrected chi connectivity index (χ1v) is 6.11. The number of carbonyl (C=O) groups excluding carboxylic acids is 1. The second kappa shape index (κ2) is 6.42. The normalized spacial score (nSPS) is 9.95. The van der Waals surface area contributed by atoms with Gasteiger partial charge in [-0.05, 0) is 11.6 Å². The predicted octanol–water partition coefficient (Wildman–Crippen LogP) is 1.36. The number of hydrogen-bond donors (Lipinski definition) is 2. The SMILES string of the molecule is CNc1ncc([N+](=O)[O-])cc1C(=O)NCc1cccnc1. The minimum Gasteiger partial charge on any atom is -0.372 e. The van der Waals surface area contributed by atoms with E-state index in [0.29, 0.717) is 0 Å². The number of carbonyl (C=O) groups is 1. The first-order valence-electron chi connectivity index (χ1n) is 6.11. The molecule has 2 aromatic heterocycles. The first-order chi connectivity index (χ1) is 10.1. The molecule has 2 aromatic rings. The second-order valence-corrected chi connectivity index (χ2v) is 4.14. The van der Waals surface area contributed by atoms with Crippen molar-refractivity contribution >= 4 is 17.4 Å². The average molecular weight is 287 g/mol. The highest BCUT2D eigenvalue weighted by atomic mass is 16.6. The Morgan fingerprint density at radius 3 is 2.86 bits per heavy atom. The highest BCUT2D eigenvalue weighted by molar-refractivity contribution is 5.99. The molecule has 0 unspecified atom stereocenters. The van der Waals surface area contributed by atoms with E-state index in [2.05, 4.69) is 20.6 Å². The fourth-order valence-corrected chi connectivity index (χ4v) is 1.71. The molecule has 21 heavy (non-hydrogen) atoms. The Morgan fingerprint density at radius 2 is 2.24 bits per heavy atom. The summed E-state index contributed by atoms with van der Waals surface area (Å²) in [7, 11) is 1.59. The molecule has 2 rings (SSSR count). The molecule has 2 N–H and O–H groups in total. The number of rotatable bonds is 5. The summed E-state index contributed by atoms with van der Waals surface area (Å²) in [6.45, 7) is 0.276. The minimum atomic E-state index is -0.593. The Hall–Kier alpha value is -3.03. The summed E-state index contributed by atoms with van der Waals surface area (Å²) in [6.07, 6.45) is 4.36. The molecule has 0 saturated heterocycles. The van der Waals surface area contributed by atoms with Crippen molar-refractivity contribution in [3.8, 4) is 0 Å². The maximum absolute atomic E-state index is 12.1. The van der Waals surface area contributed by atoms with Crippen molar-refractivity contribution in [1.82, 2.24) is 15.3 Å². The summed E-state index contributed by atoms with van der Waals surface area (Å²) in [6, 6.07) is 4.77. The van der Waals surface area contributed by atoms with Gasteiger partial charge in [0.25, 0.3) is 11.6 Å². The molecule has 0 fully saturated rings. The van der Waals surface area contributed by atoms with Gasteiger partial charge in [0, 0.05) is 32.1 Å². The lowest BCUT2D eigenvalue weighted by Gasteiger charge is -2.08. The van der Waals surface area contributed by atoms with Crippen LogP contribution in [0, 0.1) is 10.1 Å². The van der Waals surface area contributed by atoms with E-state index in [1.807, 2.05) is 6.07 Å². The minimum absolute atomic E-state index is 0.121. The summed E-state index contributed by atoms with van der Waals surface area (Å²) < 4.78 is 0. The van der Waals surface area contributed by atoms with Crippen LogP contribution in [0.15, 0.2) is 36.8 Å². The number of anilines is 1. The number of nitro groups is 1. The molecule has 0 radical (unpaired) electrons. The fraction of sp³-hybridized carbons (Fsp3) is 0.154. The van der Waals surface area contributed by atoms with Crippen LogP contribution in [0.5, 0.6) is 0 Å². The van der Waals surface area contributed by atoms with Crippen LogP contribution in [0.4, 0.5) is 11.5 Å². The van der Waals surface area contributed by atoms with E-state index >= 15 is 0 Å². The summed E-state index contributed by atoms with van der Waals surface area (Å²) >= 11 is 0. The highest BCUT2D eigenvalue weighted by Crippen LogP contribution is 2.18. The second-order valence-electron chi connectivity index (χ2n) is 4.14. The lowest BCUT2D eigenvalue weighted by molar-refractivity contribution is -0.385. The molecule has 108 valence electrons. The van der Waals surface area contributed by atoms with Crippen LogP contribution in [0.2, 0.25) is 0 Å². The van der Waals surface area contributed by atoms with Crippen molar-refractivity contribution in [2.24, 2.45) is 0 Å². The van der Waals surface area contributed by atoms with E-state index in [1.54, 1.807) is 25.5 Å². The molecule has 0 atom stereocenters. The maximum atomic E-state index is 12.1.